The Kier molecular flexibility index (Phi) is 3.32. The summed E-state index contributed by atoms with van der Waals surface area (Å²) in [7, 11) is 0. The Balaban J connectivity index is 2.39. The smallest absolute Gasteiger partial charge is 0.162 e. The molecule has 0 spiro atoms. The van der Waals surface area contributed by atoms with Crippen LogP contribution in [-0.2, 0) is 4.79 Å². The molecule has 0 amide bonds. The van der Waals surface area contributed by atoms with E-state index in [-0.39, 0.29) is 5.78 Å². The van der Waals surface area contributed by atoms with Crippen molar-refractivity contribution < 1.29 is 9.90 Å². The third-order valence-corrected chi connectivity index (χ3v) is 2.30. The minimum absolute atomic E-state index is 0.156. The molecule has 1 aliphatic rings. The van der Waals surface area contributed by atoms with Crippen LogP contribution >= 0.6 is 0 Å². The van der Waals surface area contributed by atoms with E-state index in [9.17, 15) is 9.90 Å². The maximum atomic E-state index is 11.2. The van der Waals surface area contributed by atoms with Crippen LogP contribution in [0.1, 0.15) is 45.4 Å². The molecule has 1 rings (SSSR count). The van der Waals surface area contributed by atoms with Crippen LogP contribution in [0.15, 0.2) is 11.3 Å². The van der Waals surface area contributed by atoms with Gasteiger partial charge in [0.2, 0.25) is 0 Å². The molecule has 2 heteroatoms. The Hall–Kier alpha value is -0.790. The van der Waals surface area contributed by atoms with Crippen molar-refractivity contribution in [2.75, 3.05) is 0 Å². The minimum Gasteiger partial charge on any atom is -0.512 e. The van der Waals surface area contributed by atoms with Crippen molar-refractivity contribution in [3.63, 3.8) is 0 Å². The number of carbonyl (C=O) groups excluding carboxylic acids is 1. The van der Waals surface area contributed by atoms with E-state index in [0.29, 0.717) is 24.2 Å². The van der Waals surface area contributed by atoms with E-state index < -0.39 is 0 Å². The molecule has 0 saturated heterocycles. The summed E-state index contributed by atoms with van der Waals surface area (Å²) < 4.78 is 0. The van der Waals surface area contributed by atoms with Crippen molar-refractivity contribution in [2.24, 2.45) is 0 Å². The van der Waals surface area contributed by atoms with Gasteiger partial charge in [-0.05, 0) is 12.8 Å². The van der Waals surface area contributed by atoms with Gasteiger partial charge in [-0.2, -0.15) is 0 Å². The molecular weight excluding hydrogens is 152 g/mol. The van der Waals surface area contributed by atoms with Crippen LogP contribution in [0.25, 0.3) is 0 Å². The molecule has 0 fully saturated rings. The number of hydrogen-bond acceptors (Lipinski definition) is 2. The monoisotopic (exact) mass is 168 g/mol. The van der Waals surface area contributed by atoms with Crippen molar-refractivity contribution >= 4 is 5.78 Å². The summed E-state index contributed by atoms with van der Waals surface area (Å²) in [5.74, 6) is 0.500. The van der Waals surface area contributed by atoms with Crippen LogP contribution in [0.2, 0.25) is 0 Å². The average Bonchev–Trinajstić information content (AvgIpc) is 2.35. The van der Waals surface area contributed by atoms with Crippen LogP contribution in [0.3, 0.4) is 0 Å². The lowest BCUT2D eigenvalue weighted by molar-refractivity contribution is -0.115. The molecule has 68 valence electrons. The zero-order valence-corrected chi connectivity index (χ0v) is 7.60. The highest BCUT2D eigenvalue weighted by molar-refractivity contribution is 5.98. The quantitative estimate of drug-likeness (QED) is 0.655. The highest BCUT2D eigenvalue weighted by Crippen LogP contribution is 2.24. The van der Waals surface area contributed by atoms with E-state index in [1.807, 2.05) is 0 Å². The molecule has 0 unspecified atom stereocenters. The molecule has 0 saturated carbocycles. The fourth-order valence-electron chi connectivity index (χ4n) is 1.53. The fraction of sp³-hybridized carbons (Fsp3) is 0.700. The molecule has 0 atom stereocenters. The maximum absolute atomic E-state index is 11.2. The van der Waals surface area contributed by atoms with Gasteiger partial charge in [0, 0.05) is 18.4 Å². The lowest BCUT2D eigenvalue weighted by Gasteiger charge is -1.99. The standard InChI is InChI=1S/C10H16O2/c1-2-3-4-5-8-9(11)6-7-10(8)12/h11H,2-7H2,1H3. The van der Waals surface area contributed by atoms with E-state index in [4.69, 9.17) is 0 Å². The van der Waals surface area contributed by atoms with Gasteiger partial charge < -0.3 is 5.11 Å². The molecule has 2 nitrogen and oxygen atoms in total. The Labute approximate surface area is 73.3 Å². The van der Waals surface area contributed by atoms with Gasteiger partial charge in [0.05, 0.1) is 5.76 Å². The normalized spacial score (nSPS) is 17.6. The van der Waals surface area contributed by atoms with Gasteiger partial charge >= 0.3 is 0 Å². The first-order chi connectivity index (χ1) is 5.75. The summed E-state index contributed by atoms with van der Waals surface area (Å²) in [6, 6.07) is 0. The number of aliphatic hydroxyl groups is 1. The van der Waals surface area contributed by atoms with E-state index in [2.05, 4.69) is 6.92 Å². The molecule has 0 aromatic rings. The van der Waals surface area contributed by atoms with Gasteiger partial charge in [-0.1, -0.05) is 19.8 Å². The topological polar surface area (TPSA) is 37.3 Å². The first-order valence-corrected chi connectivity index (χ1v) is 4.70. The van der Waals surface area contributed by atoms with Crippen LogP contribution in [-0.4, -0.2) is 10.9 Å². The summed E-state index contributed by atoms with van der Waals surface area (Å²) in [4.78, 5) is 11.2. The number of carbonyl (C=O) groups is 1. The second-order valence-corrected chi connectivity index (χ2v) is 3.31. The summed E-state index contributed by atoms with van der Waals surface area (Å²) in [5, 5.41) is 9.32. The number of Topliss-reactive ketones (excluding diaryl/α,β-unsaturated/α-hetero) is 1. The number of ketones is 1. The molecule has 0 heterocycles. The summed E-state index contributed by atoms with van der Waals surface area (Å²) >= 11 is 0. The van der Waals surface area contributed by atoms with Crippen LogP contribution in [0.5, 0.6) is 0 Å². The predicted octanol–water partition coefficient (Wildman–Crippen LogP) is 2.74. The van der Waals surface area contributed by atoms with E-state index >= 15 is 0 Å². The average molecular weight is 168 g/mol. The zero-order chi connectivity index (χ0) is 8.97. The molecule has 0 aromatic carbocycles. The third-order valence-electron chi connectivity index (χ3n) is 2.30. The Morgan fingerprint density at radius 3 is 2.58 bits per heavy atom. The zero-order valence-electron chi connectivity index (χ0n) is 7.60. The second-order valence-electron chi connectivity index (χ2n) is 3.31. The van der Waals surface area contributed by atoms with Gasteiger partial charge in [-0.15, -0.1) is 0 Å². The van der Waals surface area contributed by atoms with Gasteiger partial charge in [-0.25, -0.2) is 0 Å². The number of rotatable bonds is 4. The van der Waals surface area contributed by atoms with Gasteiger partial charge in [0.15, 0.2) is 5.78 Å². The lowest BCUT2D eigenvalue weighted by atomic mass is 10.1. The first-order valence-electron chi connectivity index (χ1n) is 4.70. The summed E-state index contributed by atoms with van der Waals surface area (Å²) in [6.45, 7) is 2.13. The van der Waals surface area contributed by atoms with Crippen LogP contribution < -0.4 is 0 Å². The van der Waals surface area contributed by atoms with Gasteiger partial charge in [0.25, 0.3) is 0 Å². The molecule has 12 heavy (non-hydrogen) atoms. The highest BCUT2D eigenvalue weighted by atomic mass is 16.3. The molecule has 0 aromatic heterocycles. The predicted molar refractivity (Wildman–Crippen MR) is 48.0 cm³/mol. The minimum atomic E-state index is 0.156. The fourth-order valence-corrected chi connectivity index (χ4v) is 1.53. The number of allylic oxidation sites excluding steroid dienone is 2. The lowest BCUT2D eigenvalue weighted by Crippen LogP contribution is -1.96. The van der Waals surface area contributed by atoms with Crippen molar-refractivity contribution in [3.8, 4) is 0 Å². The number of unbranched alkanes of at least 4 members (excludes halogenated alkanes) is 2. The van der Waals surface area contributed by atoms with Crippen molar-refractivity contribution in [1.29, 1.82) is 0 Å². The molecule has 1 aliphatic carbocycles. The van der Waals surface area contributed by atoms with Gasteiger partial charge in [0.1, 0.15) is 0 Å². The Morgan fingerprint density at radius 2 is 2.08 bits per heavy atom. The van der Waals surface area contributed by atoms with Crippen LogP contribution in [0.4, 0.5) is 0 Å². The van der Waals surface area contributed by atoms with E-state index in [0.717, 1.165) is 25.7 Å². The van der Waals surface area contributed by atoms with E-state index in [1.165, 1.54) is 0 Å². The third kappa shape index (κ3) is 2.10. The molecular formula is C10H16O2. The molecule has 0 aliphatic heterocycles. The molecule has 0 radical (unpaired) electrons. The van der Waals surface area contributed by atoms with Crippen molar-refractivity contribution in [3.05, 3.63) is 11.3 Å². The molecule has 1 N–H and O–H groups in total. The summed E-state index contributed by atoms with van der Waals surface area (Å²) in [6.07, 6.45) is 5.19. The highest BCUT2D eigenvalue weighted by Gasteiger charge is 2.21. The van der Waals surface area contributed by atoms with Gasteiger partial charge in [-0.3, -0.25) is 4.79 Å². The van der Waals surface area contributed by atoms with Crippen LogP contribution in [0, 0.1) is 0 Å². The summed E-state index contributed by atoms with van der Waals surface area (Å²) in [5.41, 5.74) is 0.698. The molecule has 0 bridgehead atoms. The SMILES string of the molecule is CCCCCC1=C(O)CCC1=O. The first kappa shape index (κ1) is 9.30. The number of hydrogen-bond donors (Lipinski definition) is 1. The largest absolute Gasteiger partial charge is 0.512 e. The number of aliphatic hydroxyl groups excluding tert-OH is 1. The second kappa shape index (κ2) is 4.29. The van der Waals surface area contributed by atoms with Crippen molar-refractivity contribution in [2.45, 2.75) is 45.4 Å². The Morgan fingerprint density at radius 1 is 1.33 bits per heavy atom. The Bertz CT molecular complexity index is 204. The van der Waals surface area contributed by atoms with E-state index in [1.54, 1.807) is 0 Å². The maximum Gasteiger partial charge on any atom is 0.162 e. The van der Waals surface area contributed by atoms with Crippen molar-refractivity contribution in [1.82, 2.24) is 0 Å².